The highest BCUT2D eigenvalue weighted by atomic mass is 16.1. The van der Waals surface area contributed by atoms with Gasteiger partial charge in [-0.2, -0.15) is 0 Å². The summed E-state index contributed by atoms with van der Waals surface area (Å²) in [5.74, 6) is 1.09. The van der Waals surface area contributed by atoms with Crippen molar-refractivity contribution in [2.24, 2.45) is 0 Å². The molecule has 0 atom stereocenters. The molecule has 0 radical (unpaired) electrons. The van der Waals surface area contributed by atoms with Crippen molar-refractivity contribution in [3.8, 4) is 0 Å². The van der Waals surface area contributed by atoms with E-state index in [1.165, 1.54) is 95.4 Å². The molecule has 1 aromatic carbocycles. The third kappa shape index (κ3) is 10.2. The summed E-state index contributed by atoms with van der Waals surface area (Å²) in [6, 6.07) is 8.31. The molecule has 0 bridgehead atoms. The largest absolute Gasteiger partial charge is 0.349 e. The molecule has 0 saturated carbocycles. The van der Waals surface area contributed by atoms with Gasteiger partial charge in [0.15, 0.2) is 0 Å². The van der Waals surface area contributed by atoms with Gasteiger partial charge >= 0.3 is 0 Å². The number of unbranched alkanes of at least 4 members (excludes halogenated alkanes) is 13. The van der Waals surface area contributed by atoms with Crippen LogP contribution >= 0.6 is 0 Å². The van der Waals surface area contributed by atoms with Crippen LogP contribution < -0.4 is 5.32 Å². The van der Waals surface area contributed by atoms with Gasteiger partial charge in [0.1, 0.15) is 5.82 Å². The van der Waals surface area contributed by atoms with Gasteiger partial charge in [-0.3, -0.25) is 4.79 Å². The second-order valence-corrected chi connectivity index (χ2v) is 9.29. The maximum absolute atomic E-state index is 11.9. The Labute approximate surface area is 196 Å². The zero-order chi connectivity index (χ0) is 22.9. The number of benzene rings is 1. The molecule has 0 fully saturated rings. The predicted molar refractivity (Wildman–Crippen MR) is 137 cm³/mol. The highest BCUT2D eigenvalue weighted by molar-refractivity contribution is 5.77. The second kappa shape index (κ2) is 16.7. The molecule has 1 heterocycles. The van der Waals surface area contributed by atoms with Crippen LogP contribution in [0.3, 0.4) is 0 Å². The Kier molecular flexibility index (Phi) is 13.8. The lowest BCUT2D eigenvalue weighted by Crippen LogP contribution is -2.24. The number of fused-ring (bicyclic) bond motifs is 1. The van der Waals surface area contributed by atoms with Gasteiger partial charge in [-0.15, -0.1) is 0 Å². The summed E-state index contributed by atoms with van der Waals surface area (Å²) in [6.45, 7) is 5.82. The van der Waals surface area contributed by atoms with E-state index in [0.29, 0.717) is 13.0 Å². The minimum absolute atomic E-state index is 0.114. The number of hydrogen-bond donors (Lipinski definition) is 1. The average Bonchev–Trinajstić information content (AvgIpc) is 3.15. The van der Waals surface area contributed by atoms with E-state index in [-0.39, 0.29) is 5.91 Å². The van der Waals surface area contributed by atoms with Gasteiger partial charge in [-0.25, -0.2) is 4.98 Å². The summed E-state index contributed by atoms with van der Waals surface area (Å²) in [6.07, 6.45) is 20.7. The molecule has 1 amide bonds. The summed E-state index contributed by atoms with van der Waals surface area (Å²) in [5.41, 5.74) is 2.21. The lowest BCUT2D eigenvalue weighted by molar-refractivity contribution is -0.121. The molecule has 2 aromatic rings. The van der Waals surface area contributed by atoms with Crippen LogP contribution in [0.5, 0.6) is 0 Å². The predicted octanol–water partition coefficient (Wildman–Crippen LogP) is 7.93. The maximum Gasteiger partial charge on any atom is 0.220 e. The van der Waals surface area contributed by atoms with E-state index in [1.54, 1.807) is 0 Å². The first-order valence-electron chi connectivity index (χ1n) is 13.5. The van der Waals surface area contributed by atoms with Crippen molar-refractivity contribution < 1.29 is 4.79 Å². The van der Waals surface area contributed by atoms with Crippen LogP contribution in [0.15, 0.2) is 24.3 Å². The number of para-hydroxylation sites is 2. The molecule has 0 saturated heterocycles. The Morgan fingerprint density at radius 1 is 0.781 bits per heavy atom. The second-order valence-electron chi connectivity index (χ2n) is 9.29. The van der Waals surface area contributed by atoms with Crippen molar-refractivity contribution in [1.82, 2.24) is 14.9 Å². The minimum atomic E-state index is 0.114. The summed E-state index contributed by atoms with van der Waals surface area (Å²) >= 11 is 0. The molecule has 32 heavy (non-hydrogen) atoms. The lowest BCUT2D eigenvalue weighted by Gasteiger charge is -2.10. The van der Waals surface area contributed by atoms with Crippen LogP contribution in [0.4, 0.5) is 0 Å². The van der Waals surface area contributed by atoms with Crippen molar-refractivity contribution in [3.63, 3.8) is 0 Å². The normalized spacial score (nSPS) is 11.3. The SMILES string of the molecule is CCCCCCCCCCCCCCCCn1c(CNC(=O)CCC)nc2ccccc21. The highest BCUT2D eigenvalue weighted by Crippen LogP contribution is 2.18. The van der Waals surface area contributed by atoms with Crippen LogP contribution in [-0.4, -0.2) is 15.5 Å². The fourth-order valence-corrected chi connectivity index (χ4v) is 4.47. The zero-order valence-electron chi connectivity index (χ0n) is 20.8. The Morgan fingerprint density at radius 2 is 1.34 bits per heavy atom. The van der Waals surface area contributed by atoms with E-state index >= 15 is 0 Å². The molecule has 1 aromatic heterocycles. The number of amides is 1. The van der Waals surface area contributed by atoms with E-state index in [1.807, 2.05) is 13.0 Å². The fourth-order valence-electron chi connectivity index (χ4n) is 4.47. The van der Waals surface area contributed by atoms with Gasteiger partial charge in [-0.1, -0.05) is 109 Å². The Bertz CT molecular complexity index is 752. The first kappa shape index (κ1) is 26.4. The molecule has 180 valence electrons. The number of nitrogens with one attached hydrogen (secondary N) is 1. The summed E-state index contributed by atoms with van der Waals surface area (Å²) in [7, 11) is 0. The van der Waals surface area contributed by atoms with Crippen LogP contribution in [0.1, 0.15) is 122 Å². The average molecular weight is 442 g/mol. The van der Waals surface area contributed by atoms with Gasteiger partial charge in [0.2, 0.25) is 5.91 Å². The first-order valence-corrected chi connectivity index (χ1v) is 13.5. The summed E-state index contributed by atoms with van der Waals surface area (Å²) < 4.78 is 2.31. The topological polar surface area (TPSA) is 46.9 Å². The van der Waals surface area contributed by atoms with E-state index in [2.05, 4.69) is 35.0 Å². The van der Waals surface area contributed by atoms with E-state index in [9.17, 15) is 4.79 Å². The van der Waals surface area contributed by atoms with Crippen molar-refractivity contribution in [2.75, 3.05) is 0 Å². The number of carbonyl (C=O) groups excluding carboxylic acids is 1. The highest BCUT2D eigenvalue weighted by Gasteiger charge is 2.11. The number of hydrogen-bond acceptors (Lipinski definition) is 2. The first-order chi connectivity index (χ1) is 15.8. The van der Waals surface area contributed by atoms with Crippen molar-refractivity contribution in [1.29, 1.82) is 0 Å². The van der Waals surface area contributed by atoms with Crippen LogP contribution in [0, 0.1) is 0 Å². The Hall–Kier alpha value is -1.84. The Balaban J connectivity index is 1.60. The molecule has 0 aliphatic carbocycles. The van der Waals surface area contributed by atoms with Gasteiger partial charge in [0, 0.05) is 13.0 Å². The Morgan fingerprint density at radius 3 is 1.94 bits per heavy atom. The summed E-state index contributed by atoms with van der Waals surface area (Å²) in [4.78, 5) is 16.7. The molecular formula is C28H47N3O. The quantitative estimate of drug-likeness (QED) is 0.225. The lowest BCUT2D eigenvalue weighted by atomic mass is 10.0. The zero-order valence-corrected chi connectivity index (χ0v) is 20.8. The van der Waals surface area contributed by atoms with Crippen LogP contribution in [0.2, 0.25) is 0 Å². The van der Waals surface area contributed by atoms with E-state index in [0.717, 1.165) is 24.3 Å². The van der Waals surface area contributed by atoms with E-state index < -0.39 is 0 Å². The molecule has 4 heteroatoms. The summed E-state index contributed by atoms with van der Waals surface area (Å²) in [5, 5.41) is 3.03. The third-order valence-corrected chi connectivity index (χ3v) is 6.39. The molecular weight excluding hydrogens is 394 g/mol. The number of aryl methyl sites for hydroxylation is 1. The maximum atomic E-state index is 11.9. The van der Waals surface area contributed by atoms with Crippen LogP contribution in [0.25, 0.3) is 11.0 Å². The molecule has 4 nitrogen and oxygen atoms in total. The molecule has 0 unspecified atom stereocenters. The number of rotatable bonds is 19. The molecule has 0 aliphatic heterocycles. The molecule has 0 spiro atoms. The van der Waals surface area contributed by atoms with Gasteiger partial charge < -0.3 is 9.88 Å². The minimum Gasteiger partial charge on any atom is -0.349 e. The van der Waals surface area contributed by atoms with Crippen molar-refractivity contribution in [3.05, 3.63) is 30.1 Å². The van der Waals surface area contributed by atoms with Gasteiger partial charge in [-0.05, 0) is 25.0 Å². The van der Waals surface area contributed by atoms with E-state index in [4.69, 9.17) is 4.98 Å². The third-order valence-electron chi connectivity index (χ3n) is 6.39. The van der Waals surface area contributed by atoms with Crippen molar-refractivity contribution >= 4 is 16.9 Å². The van der Waals surface area contributed by atoms with Crippen molar-refractivity contribution in [2.45, 2.75) is 130 Å². The standard InChI is InChI=1S/C28H47N3O/c1-3-5-6-7-8-9-10-11-12-13-14-15-16-19-23-31-26-22-18-17-21-25(26)30-27(31)24-29-28(32)20-4-2/h17-18,21-22H,3-16,19-20,23-24H2,1-2H3,(H,29,32). The van der Waals surface area contributed by atoms with Crippen LogP contribution in [-0.2, 0) is 17.9 Å². The molecule has 2 rings (SSSR count). The van der Waals surface area contributed by atoms with Gasteiger partial charge in [0.05, 0.1) is 17.6 Å². The number of aromatic nitrogens is 2. The fraction of sp³-hybridized carbons (Fsp3) is 0.714. The number of imidazole rings is 1. The molecule has 1 N–H and O–H groups in total. The number of carbonyl (C=O) groups is 1. The van der Waals surface area contributed by atoms with Gasteiger partial charge in [0.25, 0.3) is 0 Å². The number of nitrogens with zero attached hydrogens (tertiary/aromatic N) is 2. The molecule has 0 aliphatic rings. The smallest absolute Gasteiger partial charge is 0.220 e. The monoisotopic (exact) mass is 441 g/mol.